The Morgan fingerprint density at radius 1 is 1.43 bits per heavy atom. The molecule has 1 aromatic rings. The van der Waals surface area contributed by atoms with E-state index < -0.39 is 0 Å². The van der Waals surface area contributed by atoms with Crippen LogP contribution in [0.4, 0.5) is 4.39 Å². The molecule has 0 aliphatic heterocycles. The first kappa shape index (κ1) is 20.1. The van der Waals surface area contributed by atoms with Gasteiger partial charge in [-0.1, -0.05) is 13.0 Å². The first-order valence-electron chi connectivity index (χ1n) is 6.90. The molecule has 0 fully saturated rings. The van der Waals surface area contributed by atoms with Gasteiger partial charge in [0.2, 0.25) is 0 Å². The van der Waals surface area contributed by atoms with Crippen molar-refractivity contribution < 1.29 is 4.39 Å². The highest BCUT2D eigenvalue weighted by atomic mass is 127. The molecule has 0 aromatic heterocycles. The number of nitrogens with zero attached hydrogens (tertiary/aromatic N) is 2. The number of nitrogens with one attached hydrogen (secondary N) is 1. The van der Waals surface area contributed by atoms with E-state index in [9.17, 15) is 4.39 Å². The molecular weight excluding hydrogens is 382 g/mol. The van der Waals surface area contributed by atoms with Crippen LogP contribution >= 0.6 is 24.0 Å². The van der Waals surface area contributed by atoms with Crippen molar-refractivity contribution in [2.75, 3.05) is 14.1 Å². The number of hydrogen-bond donors (Lipinski definition) is 2. The van der Waals surface area contributed by atoms with Gasteiger partial charge in [0.15, 0.2) is 5.96 Å². The van der Waals surface area contributed by atoms with E-state index in [0.29, 0.717) is 30.7 Å². The number of aliphatic imine (C=N–C) groups is 1. The Morgan fingerprint density at radius 3 is 2.67 bits per heavy atom. The van der Waals surface area contributed by atoms with Gasteiger partial charge in [-0.25, -0.2) is 9.38 Å². The minimum absolute atomic E-state index is 0. The predicted octanol–water partition coefficient (Wildman–Crippen LogP) is 2.71. The first-order valence-corrected chi connectivity index (χ1v) is 6.90. The number of benzene rings is 1. The lowest BCUT2D eigenvalue weighted by molar-refractivity contribution is 0.392. The maximum atomic E-state index is 13.6. The van der Waals surface area contributed by atoms with Crippen LogP contribution in [0.2, 0.25) is 0 Å². The molecule has 1 aromatic carbocycles. The number of nitrogens with two attached hydrogens (primary N) is 1. The van der Waals surface area contributed by atoms with Crippen molar-refractivity contribution in [2.24, 2.45) is 10.7 Å². The molecule has 1 unspecified atom stereocenters. The van der Waals surface area contributed by atoms with Crippen molar-refractivity contribution in [1.29, 1.82) is 0 Å². The maximum absolute atomic E-state index is 13.6. The van der Waals surface area contributed by atoms with Gasteiger partial charge in [-0.2, -0.15) is 0 Å². The molecular formula is C15H26FIN4. The number of rotatable bonds is 6. The monoisotopic (exact) mass is 408 g/mol. The Morgan fingerprint density at radius 2 is 2.10 bits per heavy atom. The molecule has 0 radical (unpaired) electrons. The van der Waals surface area contributed by atoms with Crippen LogP contribution in [0, 0.1) is 5.82 Å². The average molecular weight is 408 g/mol. The highest BCUT2D eigenvalue weighted by molar-refractivity contribution is 14.0. The molecule has 4 nitrogen and oxygen atoms in total. The fourth-order valence-electron chi connectivity index (χ4n) is 1.76. The molecule has 0 amide bonds. The second-order valence-electron chi connectivity index (χ2n) is 5.32. The van der Waals surface area contributed by atoms with E-state index in [1.165, 1.54) is 6.07 Å². The fourth-order valence-corrected chi connectivity index (χ4v) is 1.76. The number of halogens is 2. The van der Waals surface area contributed by atoms with Gasteiger partial charge in [-0.15, -0.1) is 24.0 Å². The number of hydrogen-bond acceptors (Lipinski definition) is 2. The Labute approximate surface area is 144 Å². The highest BCUT2D eigenvalue weighted by Gasteiger charge is 2.05. The predicted molar refractivity (Wildman–Crippen MR) is 97.4 cm³/mol. The normalized spacial score (nSPS) is 13.0. The third kappa shape index (κ3) is 7.61. The third-order valence-corrected chi connectivity index (χ3v) is 3.04. The Balaban J connectivity index is 0.00000400. The van der Waals surface area contributed by atoms with Gasteiger partial charge in [0.05, 0.1) is 6.54 Å². The largest absolute Gasteiger partial charge is 0.370 e. The molecule has 0 bridgehead atoms. The molecule has 0 saturated heterocycles. The van der Waals surface area contributed by atoms with Crippen LogP contribution in [0.25, 0.3) is 0 Å². The zero-order valence-corrected chi connectivity index (χ0v) is 15.5. The molecule has 3 N–H and O–H groups in total. The van der Waals surface area contributed by atoms with E-state index in [2.05, 4.69) is 24.2 Å². The Kier molecular flexibility index (Phi) is 9.52. The van der Waals surface area contributed by atoms with Crippen molar-refractivity contribution in [3.8, 4) is 0 Å². The molecule has 0 aliphatic rings. The van der Waals surface area contributed by atoms with E-state index in [1.807, 2.05) is 25.1 Å². The molecule has 120 valence electrons. The van der Waals surface area contributed by atoms with E-state index in [1.54, 1.807) is 6.07 Å². The molecule has 1 rings (SSSR count). The van der Waals surface area contributed by atoms with Gasteiger partial charge < -0.3 is 16.0 Å². The second kappa shape index (κ2) is 9.94. The molecule has 0 saturated carbocycles. The minimum atomic E-state index is -0.183. The van der Waals surface area contributed by atoms with Gasteiger partial charge in [0.1, 0.15) is 5.82 Å². The topological polar surface area (TPSA) is 53.6 Å². The summed E-state index contributed by atoms with van der Waals surface area (Å²) in [7, 11) is 3.83. The summed E-state index contributed by atoms with van der Waals surface area (Å²) >= 11 is 0. The minimum Gasteiger partial charge on any atom is -0.370 e. The maximum Gasteiger partial charge on any atom is 0.189 e. The summed E-state index contributed by atoms with van der Waals surface area (Å²) < 4.78 is 13.6. The van der Waals surface area contributed by atoms with Gasteiger partial charge in [0.25, 0.3) is 0 Å². The standard InChI is InChI=1S/C15H25FN4.HI/c1-5-11(2)19-15(17)18-9-12-6-7-14(16)13(8-12)10-20(3)4;/h6-8,11H,5,9-10H2,1-4H3,(H3,17,18,19);1H. The summed E-state index contributed by atoms with van der Waals surface area (Å²) in [5.74, 6) is 0.245. The Hall–Kier alpha value is -0.890. The number of guanidine groups is 1. The second-order valence-corrected chi connectivity index (χ2v) is 5.32. The van der Waals surface area contributed by atoms with Crippen LogP contribution in [-0.2, 0) is 13.1 Å². The van der Waals surface area contributed by atoms with Crippen molar-refractivity contribution in [3.05, 3.63) is 35.1 Å². The van der Waals surface area contributed by atoms with Crippen molar-refractivity contribution in [2.45, 2.75) is 39.4 Å². The summed E-state index contributed by atoms with van der Waals surface area (Å²) in [6.07, 6.45) is 0.986. The summed E-state index contributed by atoms with van der Waals surface area (Å²) in [5.41, 5.74) is 7.44. The lowest BCUT2D eigenvalue weighted by atomic mass is 10.1. The van der Waals surface area contributed by atoms with E-state index in [-0.39, 0.29) is 29.8 Å². The zero-order chi connectivity index (χ0) is 15.1. The third-order valence-electron chi connectivity index (χ3n) is 3.04. The SMILES string of the molecule is CCC(C)NC(N)=NCc1ccc(F)c(CN(C)C)c1.I. The van der Waals surface area contributed by atoms with E-state index in [0.717, 1.165) is 12.0 Å². The van der Waals surface area contributed by atoms with Crippen LogP contribution < -0.4 is 11.1 Å². The summed E-state index contributed by atoms with van der Waals surface area (Å²) in [6, 6.07) is 5.38. The van der Waals surface area contributed by atoms with Crippen LogP contribution in [0.3, 0.4) is 0 Å². The Bertz CT molecular complexity index is 463. The molecule has 0 spiro atoms. The summed E-state index contributed by atoms with van der Waals surface area (Å²) in [5, 5.41) is 3.10. The molecule has 1 atom stereocenters. The van der Waals surface area contributed by atoms with Crippen LogP contribution in [0.1, 0.15) is 31.4 Å². The summed E-state index contributed by atoms with van der Waals surface area (Å²) in [6.45, 7) is 5.16. The lowest BCUT2D eigenvalue weighted by Gasteiger charge is -2.13. The fraction of sp³-hybridized carbons (Fsp3) is 0.533. The molecule has 0 aliphatic carbocycles. The lowest BCUT2D eigenvalue weighted by Crippen LogP contribution is -2.38. The van der Waals surface area contributed by atoms with Gasteiger partial charge in [-0.3, -0.25) is 0 Å². The van der Waals surface area contributed by atoms with Crippen LogP contribution in [-0.4, -0.2) is 31.0 Å². The van der Waals surface area contributed by atoms with Gasteiger partial charge in [-0.05, 0) is 45.1 Å². The first-order chi connectivity index (χ1) is 9.42. The zero-order valence-electron chi connectivity index (χ0n) is 13.2. The van der Waals surface area contributed by atoms with Crippen LogP contribution in [0.5, 0.6) is 0 Å². The van der Waals surface area contributed by atoms with Crippen molar-refractivity contribution >= 4 is 29.9 Å². The summed E-state index contributed by atoms with van der Waals surface area (Å²) in [4.78, 5) is 6.21. The molecule has 6 heteroatoms. The van der Waals surface area contributed by atoms with Crippen LogP contribution in [0.15, 0.2) is 23.2 Å². The van der Waals surface area contributed by atoms with Gasteiger partial charge in [0, 0.05) is 18.2 Å². The van der Waals surface area contributed by atoms with Gasteiger partial charge >= 0.3 is 0 Å². The smallest absolute Gasteiger partial charge is 0.189 e. The average Bonchev–Trinajstić information content (AvgIpc) is 2.39. The van der Waals surface area contributed by atoms with E-state index in [4.69, 9.17) is 5.73 Å². The molecule has 0 heterocycles. The van der Waals surface area contributed by atoms with Crippen molar-refractivity contribution in [3.63, 3.8) is 0 Å². The van der Waals surface area contributed by atoms with E-state index >= 15 is 0 Å². The van der Waals surface area contributed by atoms with Crippen molar-refractivity contribution in [1.82, 2.24) is 10.2 Å². The quantitative estimate of drug-likeness (QED) is 0.433. The molecule has 21 heavy (non-hydrogen) atoms. The highest BCUT2D eigenvalue weighted by Crippen LogP contribution is 2.13.